The Morgan fingerprint density at radius 3 is 2.71 bits per heavy atom. The largest absolute Gasteiger partial charge is 0.414 e. The molecule has 12 nitrogen and oxygen atoms in total. The van der Waals surface area contributed by atoms with Gasteiger partial charge in [-0.05, 0) is 46.8 Å². The number of nitro benzene ring substituents is 1. The summed E-state index contributed by atoms with van der Waals surface area (Å²) in [5.41, 5.74) is 0.668. The van der Waals surface area contributed by atoms with Crippen LogP contribution in [0, 0.1) is 13.7 Å². The SMILES string of the molecule is CN(C)C=Nc1nc2c(c(I)cn2[C@H]2CC(OCc3ccccc3[N+](=O)[O-])[C@@H](CO[Si](C)(C)C(C)(C)C)O2)c(=O)[nH]1. The quantitative estimate of drug-likeness (QED) is 0.0748. The summed E-state index contributed by atoms with van der Waals surface area (Å²) in [6.07, 6.45) is 2.51. The number of benzene rings is 1. The first-order chi connectivity index (χ1) is 19.2. The first-order valence-electron chi connectivity index (χ1n) is 13.3. The van der Waals surface area contributed by atoms with Crippen molar-refractivity contribution in [1.29, 1.82) is 0 Å². The number of aromatic nitrogens is 3. The van der Waals surface area contributed by atoms with Gasteiger partial charge in [-0.3, -0.25) is 19.9 Å². The Balaban J connectivity index is 1.65. The Kier molecular flexibility index (Phi) is 9.37. The van der Waals surface area contributed by atoms with Crippen LogP contribution in [-0.2, 0) is 20.5 Å². The maximum atomic E-state index is 12.9. The molecule has 1 aliphatic rings. The number of fused-ring (bicyclic) bond motifs is 1. The van der Waals surface area contributed by atoms with Crippen LogP contribution in [0.2, 0.25) is 18.1 Å². The van der Waals surface area contributed by atoms with E-state index in [4.69, 9.17) is 13.9 Å². The topological polar surface area (TPSA) is 137 Å². The van der Waals surface area contributed by atoms with Crippen LogP contribution in [0.4, 0.5) is 11.6 Å². The second-order valence-corrected chi connectivity index (χ2v) is 17.8. The molecule has 1 saturated heterocycles. The minimum Gasteiger partial charge on any atom is -0.414 e. The molecule has 41 heavy (non-hydrogen) atoms. The standard InChI is InChI=1S/C27H37IN6O6Si/c1-27(2,3)41(6,7)39-15-21-20(38-14-17-10-8-9-11-19(17)34(36)37)12-22(40-21)33-13-18(28)23-24(33)30-26(31-25(23)35)29-16-32(4)5/h8-11,13,16,20-22H,12,14-15H2,1-7H3,(H,30,31,35)/t20?,21-,22-/m1/s1. The third-order valence-electron chi connectivity index (χ3n) is 7.58. The maximum Gasteiger partial charge on any atom is 0.274 e. The number of halogens is 1. The van der Waals surface area contributed by atoms with Crippen LogP contribution in [0.5, 0.6) is 0 Å². The zero-order valence-corrected chi connectivity index (χ0v) is 27.5. The Hall–Kier alpha value is -2.66. The summed E-state index contributed by atoms with van der Waals surface area (Å²) in [6, 6.07) is 6.56. The number of aromatic amines is 1. The van der Waals surface area contributed by atoms with Gasteiger partial charge in [-0.2, -0.15) is 4.98 Å². The number of hydrogen-bond acceptors (Lipinski definition) is 8. The van der Waals surface area contributed by atoms with Crippen LogP contribution in [0.15, 0.2) is 40.2 Å². The third-order valence-corrected chi connectivity index (χ3v) is 12.9. The number of rotatable bonds is 10. The molecule has 14 heteroatoms. The van der Waals surface area contributed by atoms with Crippen LogP contribution < -0.4 is 5.56 Å². The monoisotopic (exact) mass is 696 g/mol. The average Bonchev–Trinajstić information content (AvgIpc) is 3.45. The molecule has 0 radical (unpaired) electrons. The number of hydrogen-bond donors (Lipinski definition) is 1. The molecule has 0 amide bonds. The van der Waals surface area contributed by atoms with E-state index in [0.29, 0.717) is 29.6 Å². The van der Waals surface area contributed by atoms with Crippen LogP contribution in [0.3, 0.4) is 0 Å². The van der Waals surface area contributed by atoms with Crippen LogP contribution in [0.25, 0.3) is 11.0 Å². The summed E-state index contributed by atoms with van der Waals surface area (Å²) in [4.78, 5) is 37.5. The maximum absolute atomic E-state index is 12.9. The predicted molar refractivity (Wildman–Crippen MR) is 168 cm³/mol. The molecule has 0 aliphatic carbocycles. The highest BCUT2D eigenvalue weighted by molar-refractivity contribution is 14.1. The lowest BCUT2D eigenvalue weighted by Gasteiger charge is -2.37. The molecule has 3 atom stereocenters. The van der Waals surface area contributed by atoms with Gasteiger partial charge in [0.1, 0.15) is 12.3 Å². The van der Waals surface area contributed by atoms with Gasteiger partial charge in [0.05, 0.1) is 41.5 Å². The molecule has 0 saturated carbocycles. The highest BCUT2D eigenvalue weighted by Crippen LogP contribution is 2.39. The Morgan fingerprint density at radius 1 is 1.34 bits per heavy atom. The van der Waals surface area contributed by atoms with Crippen molar-refractivity contribution < 1.29 is 18.8 Å². The highest BCUT2D eigenvalue weighted by atomic mass is 127. The van der Waals surface area contributed by atoms with E-state index < -0.39 is 31.7 Å². The summed E-state index contributed by atoms with van der Waals surface area (Å²) in [6.45, 7) is 11.2. The minimum atomic E-state index is -2.10. The van der Waals surface area contributed by atoms with Gasteiger partial charge in [-0.1, -0.05) is 32.9 Å². The molecule has 222 valence electrons. The average molecular weight is 697 g/mol. The summed E-state index contributed by atoms with van der Waals surface area (Å²) in [7, 11) is 1.56. The number of ether oxygens (including phenoxy) is 2. The molecular formula is C27H37IN6O6Si. The number of para-hydroxylation sites is 1. The number of nitrogens with one attached hydrogen (secondary N) is 1. The van der Waals surface area contributed by atoms with Gasteiger partial charge in [-0.25, -0.2) is 4.99 Å². The van der Waals surface area contributed by atoms with Crippen molar-refractivity contribution in [3.63, 3.8) is 0 Å². The van der Waals surface area contributed by atoms with Crippen molar-refractivity contribution in [1.82, 2.24) is 19.4 Å². The van der Waals surface area contributed by atoms with Gasteiger partial charge in [0.25, 0.3) is 11.2 Å². The van der Waals surface area contributed by atoms with Crippen molar-refractivity contribution in [2.24, 2.45) is 4.99 Å². The summed E-state index contributed by atoms with van der Waals surface area (Å²) in [5, 5.41) is 12.0. The van der Waals surface area contributed by atoms with Crippen molar-refractivity contribution in [3.8, 4) is 0 Å². The lowest BCUT2D eigenvalue weighted by atomic mass is 10.1. The highest BCUT2D eigenvalue weighted by Gasteiger charge is 2.42. The van der Waals surface area contributed by atoms with E-state index in [-0.39, 0.29) is 28.8 Å². The zero-order chi connectivity index (χ0) is 30.1. The molecule has 1 aliphatic heterocycles. The fraction of sp³-hybridized carbons (Fsp3) is 0.519. The molecular weight excluding hydrogens is 659 g/mol. The molecule has 1 N–H and O–H groups in total. The number of H-pyrrole nitrogens is 1. The third kappa shape index (κ3) is 7.05. The lowest BCUT2D eigenvalue weighted by Crippen LogP contribution is -2.44. The predicted octanol–water partition coefficient (Wildman–Crippen LogP) is 5.35. The van der Waals surface area contributed by atoms with Crippen LogP contribution >= 0.6 is 22.6 Å². The van der Waals surface area contributed by atoms with E-state index in [2.05, 4.69) is 71.4 Å². The van der Waals surface area contributed by atoms with E-state index in [1.54, 1.807) is 29.4 Å². The summed E-state index contributed by atoms with van der Waals surface area (Å²) >= 11 is 2.12. The summed E-state index contributed by atoms with van der Waals surface area (Å²) in [5.74, 6) is 0.187. The van der Waals surface area contributed by atoms with Crippen molar-refractivity contribution >= 4 is 59.9 Å². The smallest absolute Gasteiger partial charge is 0.274 e. The van der Waals surface area contributed by atoms with E-state index in [0.717, 1.165) is 3.57 Å². The molecule has 3 heterocycles. The Labute approximate surface area is 253 Å². The van der Waals surface area contributed by atoms with E-state index in [1.165, 1.54) is 6.07 Å². The second kappa shape index (κ2) is 12.3. The molecule has 1 aromatic carbocycles. The molecule has 3 aromatic rings. The lowest BCUT2D eigenvalue weighted by molar-refractivity contribution is -0.386. The molecule has 1 fully saturated rings. The van der Waals surface area contributed by atoms with Crippen molar-refractivity contribution in [2.45, 2.75) is 70.4 Å². The van der Waals surface area contributed by atoms with Gasteiger partial charge in [0.2, 0.25) is 5.95 Å². The normalized spacial score (nSPS) is 19.9. The minimum absolute atomic E-state index is 0.00712. The van der Waals surface area contributed by atoms with Gasteiger partial charge >= 0.3 is 0 Å². The van der Waals surface area contributed by atoms with Gasteiger partial charge in [-0.15, -0.1) is 0 Å². The molecule has 1 unspecified atom stereocenters. The molecule has 2 aromatic heterocycles. The Bertz CT molecular complexity index is 1500. The first kappa shape index (κ1) is 31.3. The van der Waals surface area contributed by atoms with Crippen LogP contribution in [-0.4, -0.2) is 71.9 Å². The van der Waals surface area contributed by atoms with Gasteiger partial charge in [0, 0.05) is 36.3 Å². The number of aliphatic imine (C=N–C) groups is 1. The molecule has 4 rings (SSSR count). The van der Waals surface area contributed by atoms with E-state index in [9.17, 15) is 14.9 Å². The van der Waals surface area contributed by atoms with Crippen molar-refractivity contribution in [3.05, 3.63) is 60.1 Å². The molecule has 0 bridgehead atoms. The second-order valence-electron chi connectivity index (χ2n) is 11.9. The van der Waals surface area contributed by atoms with Crippen LogP contribution in [0.1, 0.15) is 39.0 Å². The van der Waals surface area contributed by atoms with E-state index >= 15 is 0 Å². The first-order valence-corrected chi connectivity index (χ1v) is 17.3. The van der Waals surface area contributed by atoms with Crippen molar-refractivity contribution in [2.75, 3.05) is 20.7 Å². The Morgan fingerprint density at radius 2 is 2.05 bits per heavy atom. The number of nitro groups is 1. The fourth-order valence-corrected chi connectivity index (χ4v) is 6.06. The van der Waals surface area contributed by atoms with Gasteiger partial charge < -0.3 is 23.4 Å². The number of nitrogens with zero attached hydrogens (tertiary/aromatic N) is 5. The van der Waals surface area contributed by atoms with E-state index in [1.807, 2.05) is 24.9 Å². The summed E-state index contributed by atoms with van der Waals surface area (Å²) < 4.78 is 21.9. The molecule has 0 spiro atoms. The fourth-order valence-electron chi connectivity index (χ4n) is 4.26. The van der Waals surface area contributed by atoms with Gasteiger partial charge in [0.15, 0.2) is 14.0 Å². The zero-order valence-electron chi connectivity index (χ0n) is 24.4.